The summed E-state index contributed by atoms with van der Waals surface area (Å²) in [5, 5.41) is 0. The summed E-state index contributed by atoms with van der Waals surface area (Å²) in [5.74, 6) is -2.24. The van der Waals surface area contributed by atoms with Crippen molar-refractivity contribution in [1.82, 2.24) is 0 Å². The Hall–Kier alpha value is -2.73. The quantitative estimate of drug-likeness (QED) is 0.374. The van der Waals surface area contributed by atoms with Crippen molar-refractivity contribution in [2.24, 2.45) is 5.92 Å². The first-order valence-corrected chi connectivity index (χ1v) is 10.3. The zero-order valence-electron chi connectivity index (χ0n) is 16.9. The summed E-state index contributed by atoms with van der Waals surface area (Å²) >= 11 is 5.78. The molecular weight excluding hydrogens is 409 g/mol. The number of Topliss-reactive ketones (excluding diaryl/α,β-unsaturated/α-hetero) is 1. The van der Waals surface area contributed by atoms with Gasteiger partial charge in [-0.2, -0.15) is 0 Å². The average Bonchev–Trinajstić information content (AvgIpc) is 3.11. The highest BCUT2D eigenvalue weighted by Gasteiger charge is 2.38. The number of carbonyl (C=O) groups is 3. The summed E-state index contributed by atoms with van der Waals surface area (Å²) in [7, 11) is 0. The van der Waals surface area contributed by atoms with E-state index in [1.807, 2.05) is 32.0 Å². The van der Waals surface area contributed by atoms with Gasteiger partial charge in [-0.25, -0.2) is 4.39 Å². The molecule has 0 aliphatic carbocycles. The summed E-state index contributed by atoms with van der Waals surface area (Å²) < 4.78 is 18.6. The molecule has 0 aromatic heterocycles. The van der Waals surface area contributed by atoms with E-state index in [0.29, 0.717) is 0 Å². The molecule has 2 atom stereocenters. The van der Waals surface area contributed by atoms with Crippen molar-refractivity contribution in [1.29, 1.82) is 0 Å². The van der Waals surface area contributed by atoms with Gasteiger partial charge in [-0.15, -0.1) is 11.6 Å². The van der Waals surface area contributed by atoms with Crippen LogP contribution in [0, 0.1) is 25.6 Å². The van der Waals surface area contributed by atoms with Gasteiger partial charge in [0.05, 0.1) is 5.92 Å². The molecule has 0 saturated carbocycles. The van der Waals surface area contributed by atoms with E-state index in [2.05, 4.69) is 0 Å². The minimum absolute atomic E-state index is 0.0179. The largest absolute Gasteiger partial charge is 0.454 e. The van der Waals surface area contributed by atoms with Gasteiger partial charge in [0, 0.05) is 36.5 Å². The number of halogens is 2. The molecule has 1 aliphatic heterocycles. The summed E-state index contributed by atoms with van der Waals surface area (Å²) in [5.41, 5.74) is 3.14. The number of esters is 1. The normalized spacial score (nSPS) is 17.1. The predicted molar refractivity (Wildman–Crippen MR) is 112 cm³/mol. The monoisotopic (exact) mass is 431 g/mol. The smallest absolute Gasteiger partial charge is 0.312 e. The van der Waals surface area contributed by atoms with E-state index in [0.717, 1.165) is 16.8 Å². The van der Waals surface area contributed by atoms with E-state index < -0.39 is 29.6 Å². The van der Waals surface area contributed by atoms with Crippen LogP contribution in [0.15, 0.2) is 42.5 Å². The van der Waals surface area contributed by atoms with Crippen molar-refractivity contribution in [2.45, 2.75) is 32.8 Å². The van der Waals surface area contributed by atoms with Gasteiger partial charge in [0.15, 0.2) is 6.10 Å². The zero-order valence-corrected chi connectivity index (χ0v) is 17.6. The highest BCUT2D eigenvalue weighted by Crippen LogP contribution is 2.28. The molecule has 5 nitrogen and oxygen atoms in total. The van der Waals surface area contributed by atoms with Gasteiger partial charge in [0.2, 0.25) is 11.7 Å². The molecule has 1 aliphatic rings. The third-order valence-electron chi connectivity index (χ3n) is 5.31. The highest BCUT2D eigenvalue weighted by molar-refractivity contribution is 6.18. The lowest BCUT2D eigenvalue weighted by Crippen LogP contribution is -2.32. The fourth-order valence-electron chi connectivity index (χ4n) is 3.39. The highest BCUT2D eigenvalue weighted by atomic mass is 35.5. The molecule has 7 heteroatoms. The van der Waals surface area contributed by atoms with Crippen LogP contribution in [0.2, 0.25) is 0 Å². The van der Waals surface area contributed by atoms with E-state index >= 15 is 0 Å². The van der Waals surface area contributed by atoms with Gasteiger partial charge in [0.1, 0.15) is 5.82 Å². The standard InChI is InChI=1S/C23H23ClFNO4/c1-14-3-8-19(11-15(14)2)26-13-17(12-21(26)27)23(29)30-20(9-10-24)22(28)16-4-6-18(25)7-5-16/h3-8,11,17,20H,9-10,12-13H2,1-2H3/t17-,20+/m1/s1. The Kier molecular flexibility index (Phi) is 6.87. The van der Waals surface area contributed by atoms with Crippen LogP contribution in [-0.2, 0) is 14.3 Å². The summed E-state index contributed by atoms with van der Waals surface area (Å²) in [6, 6.07) is 10.7. The molecule has 1 saturated heterocycles. The number of benzene rings is 2. The number of hydrogen-bond acceptors (Lipinski definition) is 4. The van der Waals surface area contributed by atoms with Crippen LogP contribution in [0.5, 0.6) is 0 Å². The van der Waals surface area contributed by atoms with Crippen LogP contribution in [0.4, 0.5) is 10.1 Å². The lowest BCUT2D eigenvalue weighted by Gasteiger charge is -2.20. The van der Waals surface area contributed by atoms with E-state index in [4.69, 9.17) is 16.3 Å². The van der Waals surface area contributed by atoms with Crippen molar-refractivity contribution < 1.29 is 23.5 Å². The first-order chi connectivity index (χ1) is 14.3. The Morgan fingerprint density at radius 2 is 1.87 bits per heavy atom. The van der Waals surface area contributed by atoms with Crippen molar-refractivity contribution in [3.8, 4) is 0 Å². The number of anilines is 1. The lowest BCUT2D eigenvalue weighted by atomic mass is 10.0. The molecule has 1 fully saturated rings. The SMILES string of the molecule is Cc1ccc(N2C[C@H](C(=O)O[C@@H](CCCl)C(=O)c3ccc(F)cc3)CC2=O)cc1C. The van der Waals surface area contributed by atoms with E-state index in [9.17, 15) is 18.8 Å². The van der Waals surface area contributed by atoms with Crippen LogP contribution in [0.25, 0.3) is 0 Å². The molecule has 0 radical (unpaired) electrons. The number of hydrogen-bond donors (Lipinski definition) is 0. The molecule has 0 bridgehead atoms. The Bertz CT molecular complexity index is 960. The summed E-state index contributed by atoms with van der Waals surface area (Å²) in [6.07, 6.45) is -0.930. The third kappa shape index (κ3) is 4.87. The molecular formula is C23H23ClFNO4. The van der Waals surface area contributed by atoms with Gasteiger partial charge in [-0.05, 0) is 61.4 Å². The maximum Gasteiger partial charge on any atom is 0.312 e. The zero-order chi connectivity index (χ0) is 21.8. The molecule has 0 unspecified atom stereocenters. The number of rotatable bonds is 7. The minimum Gasteiger partial charge on any atom is -0.454 e. The Morgan fingerprint density at radius 3 is 2.50 bits per heavy atom. The number of alkyl halides is 1. The second kappa shape index (κ2) is 9.39. The third-order valence-corrected chi connectivity index (χ3v) is 5.53. The lowest BCUT2D eigenvalue weighted by molar-refractivity contribution is -0.151. The van der Waals surface area contributed by atoms with Gasteiger partial charge < -0.3 is 9.64 Å². The van der Waals surface area contributed by atoms with Gasteiger partial charge >= 0.3 is 5.97 Å². The summed E-state index contributed by atoms with van der Waals surface area (Å²) in [6.45, 7) is 4.14. The van der Waals surface area contributed by atoms with E-state index in [1.54, 1.807) is 4.90 Å². The second-order valence-electron chi connectivity index (χ2n) is 7.45. The van der Waals surface area contributed by atoms with E-state index in [-0.39, 0.29) is 36.7 Å². The number of amides is 1. The fraction of sp³-hybridized carbons (Fsp3) is 0.348. The Balaban J connectivity index is 1.70. The van der Waals surface area contributed by atoms with Crippen LogP contribution < -0.4 is 4.90 Å². The van der Waals surface area contributed by atoms with Crippen molar-refractivity contribution in [2.75, 3.05) is 17.3 Å². The van der Waals surface area contributed by atoms with Gasteiger partial charge in [-0.3, -0.25) is 14.4 Å². The Morgan fingerprint density at radius 1 is 1.17 bits per heavy atom. The molecule has 3 rings (SSSR count). The Labute approximate surface area is 179 Å². The number of aryl methyl sites for hydroxylation is 2. The molecule has 1 amide bonds. The molecule has 2 aromatic rings. The van der Waals surface area contributed by atoms with Gasteiger partial charge in [0.25, 0.3) is 0 Å². The van der Waals surface area contributed by atoms with Crippen LogP contribution in [-0.4, -0.2) is 36.2 Å². The second-order valence-corrected chi connectivity index (χ2v) is 7.83. The maximum absolute atomic E-state index is 13.1. The first kappa shape index (κ1) is 22.0. The molecule has 158 valence electrons. The number of nitrogens with zero attached hydrogens (tertiary/aromatic N) is 1. The van der Waals surface area contributed by atoms with Crippen molar-refractivity contribution in [3.05, 3.63) is 65.0 Å². The van der Waals surface area contributed by atoms with Gasteiger partial charge in [-0.1, -0.05) is 6.07 Å². The molecule has 2 aromatic carbocycles. The number of ether oxygens (including phenoxy) is 1. The topological polar surface area (TPSA) is 63.7 Å². The van der Waals surface area contributed by atoms with Crippen molar-refractivity contribution >= 4 is 34.9 Å². The van der Waals surface area contributed by atoms with Crippen LogP contribution in [0.3, 0.4) is 0 Å². The first-order valence-electron chi connectivity index (χ1n) is 9.74. The minimum atomic E-state index is -1.08. The van der Waals surface area contributed by atoms with Crippen LogP contribution >= 0.6 is 11.6 Å². The average molecular weight is 432 g/mol. The van der Waals surface area contributed by atoms with E-state index in [1.165, 1.54) is 24.3 Å². The van der Waals surface area contributed by atoms with Crippen molar-refractivity contribution in [3.63, 3.8) is 0 Å². The fourth-order valence-corrected chi connectivity index (χ4v) is 3.59. The molecule has 0 spiro atoms. The maximum atomic E-state index is 13.1. The predicted octanol–water partition coefficient (Wildman–Crippen LogP) is 4.22. The number of ketones is 1. The molecule has 0 N–H and O–H groups in total. The molecule has 30 heavy (non-hydrogen) atoms. The number of carbonyl (C=O) groups excluding carboxylic acids is 3. The molecule has 1 heterocycles. The van der Waals surface area contributed by atoms with Crippen LogP contribution in [0.1, 0.15) is 34.3 Å². The summed E-state index contributed by atoms with van der Waals surface area (Å²) in [4.78, 5) is 39.4.